The van der Waals surface area contributed by atoms with E-state index in [9.17, 15) is 13.2 Å². The average molecular weight is 389 g/mol. The molecule has 1 aliphatic heterocycles. The fourth-order valence-electron chi connectivity index (χ4n) is 2.94. The Morgan fingerprint density at radius 2 is 1.70 bits per heavy atom. The molecular formula is C19H23N3O4S. The highest BCUT2D eigenvalue weighted by molar-refractivity contribution is 7.90. The van der Waals surface area contributed by atoms with Crippen molar-refractivity contribution in [2.45, 2.75) is 6.54 Å². The Balaban J connectivity index is 1.90. The van der Waals surface area contributed by atoms with Gasteiger partial charge in [-0.25, -0.2) is 4.79 Å². The van der Waals surface area contributed by atoms with Crippen molar-refractivity contribution in [3.8, 4) is 0 Å². The summed E-state index contributed by atoms with van der Waals surface area (Å²) in [5.74, 6) is -0.421. The molecule has 2 aromatic carbocycles. The van der Waals surface area contributed by atoms with Crippen molar-refractivity contribution in [3.63, 3.8) is 0 Å². The molecule has 0 unspecified atom stereocenters. The van der Waals surface area contributed by atoms with Gasteiger partial charge >= 0.3 is 16.2 Å². The predicted molar refractivity (Wildman–Crippen MR) is 104 cm³/mol. The number of rotatable bonds is 6. The third-order valence-corrected chi connectivity index (χ3v) is 6.34. The molecule has 0 atom stereocenters. The summed E-state index contributed by atoms with van der Waals surface area (Å²) in [6, 6.07) is 15.8. The van der Waals surface area contributed by atoms with Crippen molar-refractivity contribution in [3.05, 3.63) is 65.7 Å². The lowest BCUT2D eigenvalue weighted by molar-refractivity contribution is 0.0600. The first-order valence-electron chi connectivity index (χ1n) is 8.73. The monoisotopic (exact) mass is 389 g/mol. The summed E-state index contributed by atoms with van der Waals surface area (Å²) < 4.78 is 34.1. The van der Waals surface area contributed by atoms with Crippen LogP contribution in [-0.4, -0.2) is 52.0 Å². The van der Waals surface area contributed by atoms with Crippen molar-refractivity contribution in [1.29, 1.82) is 0 Å². The number of nitrogens with one attached hydrogen (secondary N) is 1. The Labute approximate surface area is 159 Å². The van der Waals surface area contributed by atoms with Gasteiger partial charge in [-0.3, -0.25) is 4.31 Å². The highest BCUT2D eigenvalue weighted by atomic mass is 32.2. The zero-order chi connectivity index (χ0) is 19.3. The van der Waals surface area contributed by atoms with Gasteiger partial charge in [-0.15, -0.1) is 0 Å². The Bertz CT molecular complexity index is 864. The molecule has 144 valence electrons. The molecule has 0 aliphatic carbocycles. The van der Waals surface area contributed by atoms with Crippen LogP contribution in [0.15, 0.2) is 54.6 Å². The Hall–Kier alpha value is -2.42. The largest absolute Gasteiger partial charge is 0.465 e. The summed E-state index contributed by atoms with van der Waals surface area (Å²) in [5, 5.41) is 3.17. The van der Waals surface area contributed by atoms with Crippen molar-refractivity contribution in [2.75, 3.05) is 37.6 Å². The molecule has 0 saturated carbocycles. The van der Waals surface area contributed by atoms with E-state index in [1.54, 1.807) is 36.4 Å². The first kappa shape index (κ1) is 19.3. The number of anilines is 1. The van der Waals surface area contributed by atoms with Crippen molar-refractivity contribution in [1.82, 2.24) is 9.62 Å². The second-order valence-corrected chi connectivity index (χ2v) is 8.04. The second kappa shape index (κ2) is 8.51. The van der Waals surface area contributed by atoms with Gasteiger partial charge in [0.15, 0.2) is 0 Å². The van der Waals surface area contributed by atoms with E-state index in [-0.39, 0.29) is 6.54 Å². The van der Waals surface area contributed by atoms with E-state index in [1.165, 1.54) is 15.7 Å². The Morgan fingerprint density at radius 3 is 2.30 bits per heavy atom. The number of para-hydroxylation sites is 1. The van der Waals surface area contributed by atoms with Gasteiger partial charge in [-0.05, 0) is 29.8 Å². The zero-order valence-electron chi connectivity index (χ0n) is 15.2. The average Bonchev–Trinajstić information content (AvgIpc) is 2.73. The maximum Gasteiger partial charge on any atom is 0.337 e. The molecule has 0 amide bonds. The molecule has 0 radical (unpaired) electrons. The molecule has 0 spiro atoms. The standard InChI is InChI=1S/C19H23N3O4S/c1-26-19(23)17-9-7-16(8-10-17)15-22(18-5-3-2-4-6-18)27(24,25)21-13-11-20-12-14-21/h2-10,20H,11-15H2,1H3. The van der Waals surface area contributed by atoms with Crippen molar-refractivity contribution < 1.29 is 17.9 Å². The number of piperazine rings is 1. The quantitative estimate of drug-likeness (QED) is 0.760. The minimum atomic E-state index is -3.67. The Morgan fingerprint density at radius 1 is 1.07 bits per heavy atom. The molecule has 1 saturated heterocycles. The van der Waals surface area contributed by atoms with Crippen LogP contribution in [0.25, 0.3) is 0 Å². The number of esters is 1. The van der Waals surface area contributed by atoms with Crippen LogP contribution < -0.4 is 9.62 Å². The summed E-state index contributed by atoms with van der Waals surface area (Å²) in [4.78, 5) is 11.6. The minimum Gasteiger partial charge on any atom is -0.465 e. The van der Waals surface area contributed by atoms with E-state index < -0.39 is 16.2 Å². The van der Waals surface area contributed by atoms with Crippen LogP contribution >= 0.6 is 0 Å². The van der Waals surface area contributed by atoms with Crippen LogP contribution in [0.2, 0.25) is 0 Å². The van der Waals surface area contributed by atoms with Crippen LogP contribution in [0.4, 0.5) is 5.69 Å². The third kappa shape index (κ3) is 4.47. The van der Waals surface area contributed by atoms with Gasteiger partial charge < -0.3 is 10.1 Å². The number of hydrogen-bond donors (Lipinski definition) is 1. The number of carbonyl (C=O) groups excluding carboxylic acids is 1. The molecule has 7 nitrogen and oxygen atoms in total. The normalized spacial score (nSPS) is 15.3. The molecule has 3 rings (SSSR count). The molecule has 8 heteroatoms. The molecule has 1 heterocycles. The second-order valence-electron chi connectivity index (χ2n) is 6.19. The summed E-state index contributed by atoms with van der Waals surface area (Å²) in [5.41, 5.74) is 1.82. The molecule has 1 aliphatic rings. The molecule has 1 fully saturated rings. The number of benzene rings is 2. The molecule has 2 aromatic rings. The molecular weight excluding hydrogens is 366 g/mol. The van der Waals surface area contributed by atoms with Crippen LogP contribution in [0.3, 0.4) is 0 Å². The number of ether oxygens (including phenoxy) is 1. The topological polar surface area (TPSA) is 79.0 Å². The van der Waals surface area contributed by atoms with E-state index in [0.717, 1.165) is 5.56 Å². The number of nitrogens with zero attached hydrogens (tertiary/aromatic N) is 2. The van der Waals surface area contributed by atoms with Crippen molar-refractivity contribution in [2.24, 2.45) is 0 Å². The molecule has 0 bridgehead atoms. The maximum atomic E-state index is 13.3. The number of methoxy groups -OCH3 is 1. The van der Waals surface area contributed by atoms with Gasteiger partial charge in [0.1, 0.15) is 0 Å². The minimum absolute atomic E-state index is 0.178. The Kier molecular flexibility index (Phi) is 6.10. The summed E-state index contributed by atoms with van der Waals surface area (Å²) in [7, 11) is -2.34. The maximum absolute atomic E-state index is 13.3. The van der Waals surface area contributed by atoms with E-state index in [0.29, 0.717) is 37.4 Å². The van der Waals surface area contributed by atoms with Gasteiger partial charge in [0, 0.05) is 26.2 Å². The highest BCUT2D eigenvalue weighted by Gasteiger charge is 2.31. The van der Waals surface area contributed by atoms with Crippen LogP contribution in [0.5, 0.6) is 0 Å². The predicted octanol–water partition coefficient (Wildman–Crippen LogP) is 1.63. The van der Waals surface area contributed by atoms with E-state index >= 15 is 0 Å². The van der Waals surface area contributed by atoms with E-state index in [2.05, 4.69) is 5.32 Å². The van der Waals surface area contributed by atoms with Gasteiger partial charge in [-0.1, -0.05) is 30.3 Å². The lowest BCUT2D eigenvalue weighted by Crippen LogP contribution is -2.51. The first-order chi connectivity index (χ1) is 13.0. The zero-order valence-corrected chi connectivity index (χ0v) is 16.0. The highest BCUT2D eigenvalue weighted by Crippen LogP contribution is 2.23. The lowest BCUT2D eigenvalue weighted by atomic mass is 10.1. The summed E-state index contributed by atoms with van der Waals surface area (Å²) in [6.45, 7) is 2.32. The third-order valence-electron chi connectivity index (χ3n) is 4.43. The smallest absolute Gasteiger partial charge is 0.337 e. The fraction of sp³-hybridized carbons (Fsp3) is 0.316. The fourth-order valence-corrected chi connectivity index (χ4v) is 4.57. The van der Waals surface area contributed by atoms with Gasteiger partial charge in [0.2, 0.25) is 0 Å². The molecule has 1 N–H and O–H groups in total. The van der Waals surface area contributed by atoms with E-state index in [4.69, 9.17) is 4.74 Å². The van der Waals surface area contributed by atoms with Gasteiger partial charge in [0.25, 0.3) is 0 Å². The summed E-state index contributed by atoms with van der Waals surface area (Å²) >= 11 is 0. The van der Waals surface area contributed by atoms with Crippen molar-refractivity contribution >= 4 is 21.9 Å². The van der Waals surface area contributed by atoms with E-state index in [1.807, 2.05) is 18.2 Å². The van der Waals surface area contributed by atoms with Gasteiger partial charge in [-0.2, -0.15) is 12.7 Å². The molecule has 0 aromatic heterocycles. The SMILES string of the molecule is COC(=O)c1ccc(CN(c2ccccc2)S(=O)(=O)N2CCNCC2)cc1. The van der Waals surface area contributed by atoms with Crippen LogP contribution in [-0.2, 0) is 21.5 Å². The number of carbonyl (C=O) groups is 1. The van der Waals surface area contributed by atoms with Crippen LogP contribution in [0.1, 0.15) is 15.9 Å². The lowest BCUT2D eigenvalue weighted by Gasteiger charge is -2.33. The number of hydrogen-bond acceptors (Lipinski definition) is 5. The van der Waals surface area contributed by atoms with Crippen LogP contribution in [0, 0.1) is 0 Å². The molecule has 27 heavy (non-hydrogen) atoms. The summed E-state index contributed by atoms with van der Waals surface area (Å²) in [6.07, 6.45) is 0. The first-order valence-corrected chi connectivity index (χ1v) is 10.1. The van der Waals surface area contributed by atoms with Gasteiger partial charge in [0.05, 0.1) is 24.9 Å².